The molecule has 68 valence electrons. The van der Waals surface area contributed by atoms with E-state index in [1.807, 2.05) is 19.2 Å². The molecule has 1 aromatic rings. The van der Waals surface area contributed by atoms with Crippen LogP contribution in [0, 0.1) is 6.92 Å². The molecule has 0 fully saturated rings. The molecule has 2 N–H and O–H groups in total. The summed E-state index contributed by atoms with van der Waals surface area (Å²) >= 11 is 1.67. The van der Waals surface area contributed by atoms with Gasteiger partial charge in [0.1, 0.15) is 0 Å². The molecule has 1 rings (SSSR count). The SMILES string of the molecule is Cc1ccsc1NC(C)(C)CO. The zero-order valence-corrected chi connectivity index (χ0v) is 8.53. The third-order valence-corrected chi connectivity index (χ3v) is 2.64. The molecule has 0 aliphatic heterocycles. The number of aliphatic hydroxyl groups excluding tert-OH is 1. The number of hydrogen-bond acceptors (Lipinski definition) is 3. The molecular formula is C9H15NOS. The van der Waals surface area contributed by atoms with Crippen molar-refractivity contribution in [1.29, 1.82) is 0 Å². The molecule has 0 atom stereocenters. The van der Waals surface area contributed by atoms with E-state index in [4.69, 9.17) is 5.11 Å². The lowest BCUT2D eigenvalue weighted by molar-refractivity contribution is 0.234. The molecule has 0 bridgehead atoms. The molecule has 0 unspecified atom stereocenters. The Hall–Kier alpha value is -0.540. The molecule has 0 radical (unpaired) electrons. The summed E-state index contributed by atoms with van der Waals surface area (Å²) in [5, 5.41) is 15.5. The minimum Gasteiger partial charge on any atom is -0.394 e. The summed E-state index contributed by atoms with van der Waals surface area (Å²) in [5.74, 6) is 0. The number of rotatable bonds is 3. The molecule has 1 aromatic heterocycles. The summed E-state index contributed by atoms with van der Waals surface area (Å²) in [6.45, 7) is 6.16. The minimum atomic E-state index is -0.227. The van der Waals surface area contributed by atoms with E-state index in [1.54, 1.807) is 11.3 Å². The summed E-state index contributed by atoms with van der Waals surface area (Å²) < 4.78 is 0. The van der Waals surface area contributed by atoms with E-state index in [1.165, 1.54) is 5.56 Å². The van der Waals surface area contributed by atoms with Crippen LogP contribution < -0.4 is 5.32 Å². The minimum absolute atomic E-state index is 0.143. The lowest BCUT2D eigenvalue weighted by Crippen LogP contribution is -2.34. The zero-order chi connectivity index (χ0) is 9.19. The van der Waals surface area contributed by atoms with Crippen LogP contribution in [0.4, 0.5) is 5.00 Å². The first-order chi connectivity index (χ1) is 5.55. The monoisotopic (exact) mass is 185 g/mol. The normalized spacial score (nSPS) is 11.7. The quantitative estimate of drug-likeness (QED) is 0.757. The highest BCUT2D eigenvalue weighted by Crippen LogP contribution is 2.25. The highest BCUT2D eigenvalue weighted by Gasteiger charge is 2.16. The van der Waals surface area contributed by atoms with Crippen molar-refractivity contribution in [2.45, 2.75) is 26.3 Å². The topological polar surface area (TPSA) is 32.3 Å². The number of anilines is 1. The van der Waals surface area contributed by atoms with E-state index >= 15 is 0 Å². The second kappa shape index (κ2) is 3.46. The van der Waals surface area contributed by atoms with Gasteiger partial charge in [-0.25, -0.2) is 0 Å². The van der Waals surface area contributed by atoms with E-state index in [0.717, 1.165) is 5.00 Å². The molecule has 0 aromatic carbocycles. The Labute approximate surface area is 77.2 Å². The number of aliphatic hydroxyl groups is 1. The number of hydrogen-bond donors (Lipinski definition) is 2. The van der Waals surface area contributed by atoms with Gasteiger partial charge in [0.05, 0.1) is 17.1 Å². The van der Waals surface area contributed by atoms with Crippen molar-refractivity contribution in [3.8, 4) is 0 Å². The van der Waals surface area contributed by atoms with Gasteiger partial charge in [-0.1, -0.05) is 0 Å². The van der Waals surface area contributed by atoms with Crippen LogP contribution in [-0.2, 0) is 0 Å². The fourth-order valence-corrected chi connectivity index (χ4v) is 1.85. The van der Waals surface area contributed by atoms with Gasteiger partial charge in [0, 0.05) is 0 Å². The van der Waals surface area contributed by atoms with Gasteiger partial charge < -0.3 is 10.4 Å². The Bertz CT molecular complexity index is 255. The molecule has 0 aliphatic carbocycles. The average Bonchev–Trinajstić information content (AvgIpc) is 2.36. The van der Waals surface area contributed by atoms with Crippen LogP contribution in [0.15, 0.2) is 11.4 Å². The number of nitrogens with one attached hydrogen (secondary N) is 1. The van der Waals surface area contributed by atoms with Crippen molar-refractivity contribution in [2.75, 3.05) is 11.9 Å². The molecule has 3 heteroatoms. The van der Waals surface area contributed by atoms with E-state index in [0.29, 0.717) is 0 Å². The van der Waals surface area contributed by atoms with Crippen molar-refractivity contribution in [3.63, 3.8) is 0 Å². The third kappa shape index (κ3) is 2.22. The van der Waals surface area contributed by atoms with Crippen LogP contribution in [0.2, 0.25) is 0 Å². The highest BCUT2D eigenvalue weighted by molar-refractivity contribution is 7.14. The summed E-state index contributed by atoms with van der Waals surface area (Å²) in [6.07, 6.45) is 0. The lowest BCUT2D eigenvalue weighted by Gasteiger charge is -2.24. The summed E-state index contributed by atoms with van der Waals surface area (Å²) in [4.78, 5) is 0. The van der Waals surface area contributed by atoms with Crippen molar-refractivity contribution in [3.05, 3.63) is 17.0 Å². The highest BCUT2D eigenvalue weighted by atomic mass is 32.1. The van der Waals surface area contributed by atoms with Crippen molar-refractivity contribution >= 4 is 16.3 Å². The molecule has 0 amide bonds. The van der Waals surface area contributed by atoms with Gasteiger partial charge in [0.2, 0.25) is 0 Å². The van der Waals surface area contributed by atoms with Crippen LogP contribution in [0.25, 0.3) is 0 Å². The van der Waals surface area contributed by atoms with Gasteiger partial charge in [0.15, 0.2) is 0 Å². The standard InChI is InChI=1S/C9H15NOS/c1-7-4-5-12-8(7)10-9(2,3)6-11/h4-5,10-11H,6H2,1-3H3. The fraction of sp³-hybridized carbons (Fsp3) is 0.556. The van der Waals surface area contributed by atoms with Crippen molar-refractivity contribution < 1.29 is 5.11 Å². The predicted molar refractivity (Wildman–Crippen MR) is 53.8 cm³/mol. The summed E-state index contributed by atoms with van der Waals surface area (Å²) in [6, 6.07) is 2.07. The van der Waals surface area contributed by atoms with E-state index in [2.05, 4.69) is 18.3 Å². The summed E-state index contributed by atoms with van der Waals surface area (Å²) in [7, 11) is 0. The van der Waals surface area contributed by atoms with Crippen molar-refractivity contribution in [2.24, 2.45) is 0 Å². The van der Waals surface area contributed by atoms with Crippen molar-refractivity contribution in [1.82, 2.24) is 0 Å². The second-order valence-corrected chi connectivity index (χ2v) is 4.52. The van der Waals surface area contributed by atoms with Gasteiger partial charge in [-0.2, -0.15) is 0 Å². The maximum atomic E-state index is 9.03. The molecule has 0 aliphatic rings. The maximum Gasteiger partial charge on any atom is 0.0917 e. The molecule has 0 saturated heterocycles. The molecule has 0 saturated carbocycles. The molecule has 12 heavy (non-hydrogen) atoms. The van der Waals surface area contributed by atoms with Crippen LogP contribution >= 0.6 is 11.3 Å². The number of aryl methyl sites for hydroxylation is 1. The van der Waals surface area contributed by atoms with Gasteiger partial charge in [0.25, 0.3) is 0 Å². The largest absolute Gasteiger partial charge is 0.394 e. The van der Waals surface area contributed by atoms with Gasteiger partial charge in [-0.05, 0) is 37.8 Å². The molecular weight excluding hydrogens is 170 g/mol. The van der Waals surface area contributed by atoms with Gasteiger partial charge >= 0.3 is 0 Å². The van der Waals surface area contributed by atoms with Gasteiger partial charge in [-0.3, -0.25) is 0 Å². The van der Waals surface area contributed by atoms with E-state index < -0.39 is 0 Å². The Morgan fingerprint density at radius 3 is 2.67 bits per heavy atom. The van der Waals surface area contributed by atoms with E-state index in [9.17, 15) is 0 Å². The lowest BCUT2D eigenvalue weighted by atomic mass is 10.1. The first kappa shape index (κ1) is 9.55. The fourth-order valence-electron chi connectivity index (χ4n) is 0.848. The van der Waals surface area contributed by atoms with Crippen LogP contribution in [0.3, 0.4) is 0 Å². The predicted octanol–water partition coefficient (Wildman–Crippen LogP) is 2.24. The average molecular weight is 185 g/mol. The third-order valence-electron chi connectivity index (χ3n) is 1.71. The molecule has 0 spiro atoms. The van der Waals surface area contributed by atoms with Gasteiger partial charge in [-0.15, -0.1) is 11.3 Å². The molecule has 2 nitrogen and oxygen atoms in total. The van der Waals surface area contributed by atoms with Crippen LogP contribution in [-0.4, -0.2) is 17.3 Å². The Kier molecular flexibility index (Phi) is 2.75. The van der Waals surface area contributed by atoms with Crippen LogP contribution in [0.1, 0.15) is 19.4 Å². The van der Waals surface area contributed by atoms with E-state index in [-0.39, 0.29) is 12.1 Å². The first-order valence-electron chi connectivity index (χ1n) is 3.98. The Morgan fingerprint density at radius 2 is 2.25 bits per heavy atom. The Balaban J connectivity index is 2.70. The second-order valence-electron chi connectivity index (χ2n) is 3.60. The Morgan fingerprint density at radius 1 is 1.58 bits per heavy atom. The number of thiophene rings is 1. The smallest absolute Gasteiger partial charge is 0.0917 e. The first-order valence-corrected chi connectivity index (χ1v) is 4.86. The summed E-state index contributed by atoms with van der Waals surface area (Å²) in [5.41, 5.74) is 1.01. The van der Waals surface area contributed by atoms with Crippen LogP contribution in [0.5, 0.6) is 0 Å². The maximum absolute atomic E-state index is 9.03. The molecule has 1 heterocycles. The zero-order valence-electron chi connectivity index (χ0n) is 7.72.